The van der Waals surface area contributed by atoms with Gasteiger partial charge in [-0.15, -0.1) is 0 Å². The van der Waals surface area contributed by atoms with Gasteiger partial charge in [0.05, 0.1) is 10.2 Å². The number of nitrogens with zero attached hydrogens (tertiary/aromatic N) is 4. The summed E-state index contributed by atoms with van der Waals surface area (Å²) in [5.74, 6) is -0.296. The molecule has 29 heavy (non-hydrogen) atoms. The van der Waals surface area contributed by atoms with Crippen molar-refractivity contribution in [2.24, 2.45) is 5.16 Å². The summed E-state index contributed by atoms with van der Waals surface area (Å²) >= 11 is 3.07. The van der Waals surface area contributed by atoms with Gasteiger partial charge in [0.15, 0.2) is 5.69 Å². The first kappa shape index (κ1) is 23.0. The van der Waals surface area contributed by atoms with Crippen LogP contribution in [-0.2, 0) is 10.0 Å². The molecule has 0 aliphatic rings. The van der Waals surface area contributed by atoms with E-state index in [1.54, 1.807) is 0 Å². The van der Waals surface area contributed by atoms with Crippen LogP contribution >= 0.6 is 15.9 Å². The normalized spacial score (nSPS) is 12.4. The zero-order valence-corrected chi connectivity index (χ0v) is 18.1. The van der Waals surface area contributed by atoms with E-state index in [4.69, 9.17) is 0 Å². The molecule has 0 unspecified atom stereocenters. The van der Waals surface area contributed by atoms with E-state index in [0.29, 0.717) is 18.8 Å². The molecule has 1 aromatic carbocycles. The van der Waals surface area contributed by atoms with Gasteiger partial charge in [0.2, 0.25) is 21.7 Å². The lowest BCUT2D eigenvalue weighted by atomic mass is 10.3. The molecule has 0 saturated heterocycles. The number of oxime groups is 1. The van der Waals surface area contributed by atoms with Crippen LogP contribution in [0.4, 0.5) is 15.9 Å². The summed E-state index contributed by atoms with van der Waals surface area (Å²) in [6, 6.07) is 4.16. The number of amidine groups is 1. The molecule has 0 amide bonds. The fourth-order valence-electron chi connectivity index (χ4n) is 2.08. The highest BCUT2D eigenvalue weighted by Crippen LogP contribution is 2.21. The van der Waals surface area contributed by atoms with Crippen molar-refractivity contribution < 1.29 is 22.6 Å². The van der Waals surface area contributed by atoms with Crippen LogP contribution in [0.25, 0.3) is 0 Å². The number of sulfonamides is 1. The Morgan fingerprint density at radius 3 is 2.72 bits per heavy atom. The molecule has 0 spiro atoms. The van der Waals surface area contributed by atoms with Crippen LogP contribution in [0.1, 0.15) is 5.69 Å². The van der Waals surface area contributed by atoms with E-state index in [1.807, 2.05) is 0 Å². The van der Waals surface area contributed by atoms with E-state index in [2.05, 4.69) is 52.0 Å². The molecule has 11 nitrogen and oxygen atoms in total. The quantitative estimate of drug-likeness (QED) is 0.126. The number of rotatable bonds is 10. The summed E-state index contributed by atoms with van der Waals surface area (Å²) in [6.07, 6.45) is 0. The van der Waals surface area contributed by atoms with Crippen LogP contribution in [0, 0.1) is 5.82 Å². The zero-order chi connectivity index (χ0) is 21.4. The maximum absolute atomic E-state index is 13.3. The smallest absolute Gasteiger partial charge is 0.214 e. The van der Waals surface area contributed by atoms with Crippen molar-refractivity contribution in [3.63, 3.8) is 0 Å². The molecule has 4 N–H and O–H groups in total. The van der Waals surface area contributed by atoms with Crippen LogP contribution in [0.15, 0.2) is 32.5 Å². The van der Waals surface area contributed by atoms with E-state index < -0.39 is 15.8 Å². The molecule has 2 rings (SSSR count). The van der Waals surface area contributed by atoms with Crippen molar-refractivity contribution in [2.75, 3.05) is 50.1 Å². The average molecular weight is 494 g/mol. The molecule has 0 bridgehead atoms. The molecule has 0 aliphatic carbocycles. The molecule has 160 valence electrons. The lowest BCUT2D eigenvalue weighted by Gasteiger charge is -2.12. The number of halogens is 2. The van der Waals surface area contributed by atoms with Crippen LogP contribution in [0.2, 0.25) is 0 Å². The first-order chi connectivity index (χ1) is 13.7. The van der Waals surface area contributed by atoms with Gasteiger partial charge in [-0.25, -0.2) is 21.7 Å². The molecule has 0 fully saturated rings. The molecule has 0 radical (unpaired) electrons. The summed E-state index contributed by atoms with van der Waals surface area (Å²) in [6.45, 7) is 1.11. The van der Waals surface area contributed by atoms with Crippen LogP contribution in [-0.4, -0.2) is 73.6 Å². The maximum atomic E-state index is 13.3. The van der Waals surface area contributed by atoms with E-state index in [9.17, 15) is 18.0 Å². The van der Waals surface area contributed by atoms with Crippen molar-refractivity contribution in [1.29, 1.82) is 0 Å². The van der Waals surface area contributed by atoms with Crippen LogP contribution in [0.5, 0.6) is 0 Å². The highest BCUT2D eigenvalue weighted by Gasteiger charge is 2.18. The van der Waals surface area contributed by atoms with Crippen molar-refractivity contribution in [1.82, 2.24) is 19.9 Å². The van der Waals surface area contributed by atoms with Gasteiger partial charge in [-0.2, -0.15) is 0 Å². The minimum atomic E-state index is -3.25. The van der Waals surface area contributed by atoms with E-state index in [0.717, 1.165) is 0 Å². The third-order valence-corrected chi connectivity index (χ3v) is 6.12. The Bertz CT molecular complexity index is 952. The summed E-state index contributed by atoms with van der Waals surface area (Å²) in [5, 5.41) is 28.6. The molecular weight excluding hydrogens is 473 g/mol. The largest absolute Gasteiger partial charge is 0.409 e. The van der Waals surface area contributed by atoms with Gasteiger partial charge in [-0.05, 0) is 44.4 Å². The summed E-state index contributed by atoms with van der Waals surface area (Å²) in [7, 11) is -0.289. The van der Waals surface area contributed by atoms with Gasteiger partial charge in [-0.3, -0.25) is 0 Å². The second-order valence-electron chi connectivity index (χ2n) is 5.94. The molecule has 14 heteroatoms. The second kappa shape index (κ2) is 10.5. The third kappa shape index (κ3) is 6.62. The fraction of sp³-hybridized carbons (Fsp3) is 0.400. The second-order valence-corrected chi connectivity index (χ2v) is 9.10. The van der Waals surface area contributed by atoms with Crippen LogP contribution < -0.4 is 16.0 Å². The van der Waals surface area contributed by atoms with Crippen molar-refractivity contribution in [3.05, 3.63) is 34.2 Å². The van der Waals surface area contributed by atoms with Gasteiger partial charge in [-0.1, -0.05) is 5.16 Å². The third-order valence-electron chi connectivity index (χ3n) is 3.68. The lowest BCUT2D eigenvalue weighted by molar-refractivity contribution is 0.305. The molecule has 1 aromatic heterocycles. The summed E-state index contributed by atoms with van der Waals surface area (Å²) < 4.78 is 42.8. The van der Waals surface area contributed by atoms with E-state index in [-0.39, 0.29) is 34.1 Å². The highest BCUT2D eigenvalue weighted by molar-refractivity contribution is 9.10. The predicted octanol–water partition coefficient (Wildman–Crippen LogP) is 1.11. The van der Waals surface area contributed by atoms with Crippen molar-refractivity contribution in [3.8, 4) is 0 Å². The summed E-state index contributed by atoms with van der Waals surface area (Å²) in [4.78, 5) is 0. The van der Waals surface area contributed by atoms with Crippen molar-refractivity contribution >= 4 is 43.3 Å². The molecule has 0 atom stereocenters. The standard InChI is InChI=1S/C15H21BrFN7O4S/c1-24(2)29(26,27)8-7-18-5-6-19-14-13(22-28-23-14)15(21-25)20-10-3-4-12(17)11(16)9-10/h3-4,9,18,25H,5-8H2,1-2H3,(H,19,23)(H,20,21). The molecule has 0 aliphatic heterocycles. The van der Waals surface area contributed by atoms with Gasteiger partial charge in [0.25, 0.3) is 0 Å². The minimum Gasteiger partial charge on any atom is -0.409 e. The monoisotopic (exact) mass is 493 g/mol. The van der Waals surface area contributed by atoms with Gasteiger partial charge in [0.1, 0.15) is 5.82 Å². The zero-order valence-electron chi connectivity index (χ0n) is 15.7. The first-order valence-electron chi connectivity index (χ1n) is 8.36. The van der Waals surface area contributed by atoms with Gasteiger partial charge < -0.3 is 21.2 Å². The Labute approximate surface area is 175 Å². The fourth-order valence-corrected chi connectivity index (χ4v) is 3.23. The molecule has 0 saturated carbocycles. The lowest BCUT2D eigenvalue weighted by Crippen LogP contribution is -2.33. The number of aromatic nitrogens is 2. The van der Waals surface area contributed by atoms with E-state index >= 15 is 0 Å². The number of hydrogen-bond donors (Lipinski definition) is 4. The summed E-state index contributed by atoms with van der Waals surface area (Å²) in [5.41, 5.74) is 0.562. The first-order valence-corrected chi connectivity index (χ1v) is 10.8. The Morgan fingerprint density at radius 1 is 1.31 bits per heavy atom. The minimum absolute atomic E-state index is 0.0186. The topological polar surface area (TPSA) is 145 Å². The van der Waals surface area contributed by atoms with Crippen molar-refractivity contribution in [2.45, 2.75) is 0 Å². The van der Waals surface area contributed by atoms with E-state index in [1.165, 1.54) is 36.6 Å². The van der Waals surface area contributed by atoms with Gasteiger partial charge in [0, 0.05) is 39.4 Å². The number of anilines is 2. The number of nitrogens with one attached hydrogen (secondary N) is 3. The number of benzene rings is 1. The Kier molecular flexibility index (Phi) is 8.31. The average Bonchev–Trinajstić information content (AvgIpc) is 3.13. The maximum Gasteiger partial charge on any atom is 0.214 e. The molecular formula is C15H21BrFN7O4S. The Hall–Kier alpha value is -2.29. The predicted molar refractivity (Wildman–Crippen MR) is 109 cm³/mol. The van der Waals surface area contributed by atoms with Gasteiger partial charge >= 0.3 is 0 Å². The number of hydrogen-bond acceptors (Lipinski definition) is 9. The Morgan fingerprint density at radius 2 is 2.07 bits per heavy atom. The Balaban J connectivity index is 1.88. The van der Waals surface area contributed by atoms with Crippen LogP contribution in [0.3, 0.4) is 0 Å². The highest BCUT2D eigenvalue weighted by atomic mass is 79.9. The molecule has 2 aromatic rings. The SMILES string of the molecule is CN(C)S(=O)(=O)CCNCCNc1nonc1/C(=N/O)Nc1ccc(F)c(Br)c1. The molecule has 1 heterocycles.